The van der Waals surface area contributed by atoms with E-state index in [9.17, 15) is 8.42 Å². The van der Waals surface area contributed by atoms with E-state index in [1.54, 1.807) is 15.2 Å². The fourth-order valence-corrected chi connectivity index (χ4v) is 4.85. The van der Waals surface area contributed by atoms with Crippen molar-refractivity contribution in [3.05, 3.63) is 12.4 Å². The monoisotopic (exact) mass is 314 g/mol. The minimum Gasteiger partial charge on any atom is -0.320 e. The van der Waals surface area contributed by atoms with Gasteiger partial charge in [0, 0.05) is 24.8 Å². The SMILES string of the molecule is CNCCCn1cc(S(=O)(=O)N2[C@H](C)CCC[C@@H]2C)cn1. The van der Waals surface area contributed by atoms with E-state index in [-0.39, 0.29) is 12.1 Å². The van der Waals surface area contributed by atoms with Crippen molar-refractivity contribution in [2.24, 2.45) is 0 Å². The van der Waals surface area contributed by atoms with Crippen LogP contribution in [0, 0.1) is 0 Å². The molecule has 0 amide bonds. The molecular weight excluding hydrogens is 288 g/mol. The number of aromatic nitrogens is 2. The summed E-state index contributed by atoms with van der Waals surface area (Å²) in [6, 6.07) is 0.123. The van der Waals surface area contributed by atoms with Gasteiger partial charge in [0.2, 0.25) is 10.0 Å². The normalized spacial score (nSPS) is 24.3. The summed E-state index contributed by atoms with van der Waals surface area (Å²) >= 11 is 0. The Hall–Kier alpha value is -0.920. The number of nitrogens with one attached hydrogen (secondary N) is 1. The van der Waals surface area contributed by atoms with Gasteiger partial charge in [0.1, 0.15) is 4.90 Å². The van der Waals surface area contributed by atoms with E-state index in [1.807, 2.05) is 20.9 Å². The maximum Gasteiger partial charge on any atom is 0.246 e. The first-order chi connectivity index (χ1) is 9.96. The second-order valence-electron chi connectivity index (χ2n) is 5.86. The zero-order valence-electron chi connectivity index (χ0n) is 13.1. The standard InChI is InChI=1S/C14H26N4O2S/c1-12-6-4-7-13(2)18(12)21(19,20)14-10-16-17(11-14)9-5-8-15-3/h10-13,15H,4-9H2,1-3H3/t12-,13+. The van der Waals surface area contributed by atoms with Crippen LogP contribution in [0.3, 0.4) is 0 Å². The zero-order chi connectivity index (χ0) is 15.5. The average Bonchev–Trinajstić information content (AvgIpc) is 2.88. The van der Waals surface area contributed by atoms with E-state index in [1.165, 1.54) is 6.20 Å². The van der Waals surface area contributed by atoms with Gasteiger partial charge < -0.3 is 5.32 Å². The Bertz CT molecular complexity index is 545. The maximum atomic E-state index is 12.8. The fourth-order valence-electron chi connectivity index (χ4n) is 3.01. The Kier molecular flexibility index (Phi) is 5.40. The Balaban J connectivity index is 2.15. The van der Waals surface area contributed by atoms with Crippen molar-refractivity contribution in [1.82, 2.24) is 19.4 Å². The number of hydrogen-bond acceptors (Lipinski definition) is 4. The third kappa shape index (κ3) is 3.64. The molecule has 21 heavy (non-hydrogen) atoms. The molecule has 0 spiro atoms. The van der Waals surface area contributed by atoms with Crippen LogP contribution >= 0.6 is 0 Å². The van der Waals surface area contributed by atoms with Crippen LogP contribution in [0.15, 0.2) is 17.3 Å². The van der Waals surface area contributed by atoms with Crippen molar-refractivity contribution in [2.45, 2.75) is 63.1 Å². The molecule has 1 aliphatic heterocycles. The highest BCUT2D eigenvalue weighted by molar-refractivity contribution is 7.89. The smallest absolute Gasteiger partial charge is 0.246 e. The highest BCUT2D eigenvalue weighted by Crippen LogP contribution is 2.29. The van der Waals surface area contributed by atoms with Crippen LogP contribution in [0.2, 0.25) is 0 Å². The number of rotatable bonds is 6. The number of piperidine rings is 1. The number of nitrogens with zero attached hydrogens (tertiary/aromatic N) is 3. The van der Waals surface area contributed by atoms with Crippen LogP contribution in [0.5, 0.6) is 0 Å². The average molecular weight is 314 g/mol. The third-order valence-electron chi connectivity index (χ3n) is 4.11. The molecule has 2 rings (SSSR count). The summed E-state index contributed by atoms with van der Waals surface area (Å²) < 4.78 is 29.0. The predicted octanol–water partition coefficient (Wildman–Crippen LogP) is 1.44. The van der Waals surface area contributed by atoms with Crippen LogP contribution in [0.25, 0.3) is 0 Å². The summed E-state index contributed by atoms with van der Waals surface area (Å²) in [4.78, 5) is 0.313. The lowest BCUT2D eigenvalue weighted by molar-refractivity contribution is 0.204. The maximum absolute atomic E-state index is 12.8. The molecule has 0 aliphatic carbocycles. The summed E-state index contributed by atoms with van der Waals surface area (Å²) in [7, 11) is -1.53. The van der Waals surface area contributed by atoms with Crippen LogP contribution in [0.4, 0.5) is 0 Å². The molecule has 6 nitrogen and oxygen atoms in total. The molecule has 1 aromatic heterocycles. The topological polar surface area (TPSA) is 67.2 Å². The highest BCUT2D eigenvalue weighted by Gasteiger charge is 2.36. The predicted molar refractivity (Wildman–Crippen MR) is 82.6 cm³/mol. The first-order valence-corrected chi connectivity index (χ1v) is 9.11. The Morgan fingerprint density at radius 1 is 1.33 bits per heavy atom. The van der Waals surface area contributed by atoms with Gasteiger partial charge in [0.15, 0.2) is 0 Å². The second kappa shape index (κ2) is 6.89. The van der Waals surface area contributed by atoms with Crippen molar-refractivity contribution >= 4 is 10.0 Å². The van der Waals surface area contributed by atoms with Crippen molar-refractivity contribution in [3.63, 3.8) is 0 Å². The lowest BCUT2D eigenvalue weighted by Crippen LogP contribution is -2.47. The molecule has 0 radical (unpaired) electrons. The Labute approximate surface area is 127 Å². The molecule has 1 N–H and O–H groups in total. The third-order valence-corrected chi connectivity index (χ3v) is 6.19. The molecule has 2 atom stereocenters. The number of sulfonamides is 1. The van der Waals surface area contributed by atoms with Crippen molar-refractivity contribution in [2.75, 3.05) is 13.6 Å². The van der Waals surface area contributed by atoms with Gasteiger partial charge in [-0.25, -0.2) is 8.42 Å². The van der Waals surface area contributed by atoms with Crippen LogP contribution in [0.1, 0.15) is 39.5 Å². The molecule has 0 bridgehead atoms. The molecule has 2 heterocycles. The van der Waals surface area contributed by atoms with Crippen LogP contribution < -0.4 is 5.32 Å². The van der Waals surface area contributed by atoms with Gasteiger partial charge in [-0.05, 0) is 46.7 Å². The lowest BCUT2D eigenvalue weighted by Gasteiger charge is -2.37. The van der Waals surface area contributed by atoms with Gasteiger partial charge in [0.25, 0.3) is 0 Å². The molecule has 0 unspecified atom stereocenters. The van der Waals surface area contributed by atoms with Crippen molar-refractivity contribution in [1.29, 1.82) is 0 Å². The van der Waals surface area contributed by atoms with E-state index in [0.717, 1.165) is 38.8 Å². The van der Waals surface area contributed by atoms with Crippen LogP contribution in [-0.2, 0) is 16.6 Å². The van der Waals surface area contributed by atoms with E-state index in [4.69, 9.17) is 0 Å². The zero-order valence-corrected chi connectivity index (χ0v) is 13.9. The first-order valence-electron chi connectivity index (χ1n) is 7.67. The molecule has 0 aromatic carbocycles. The van der Waals surface area contributed by atoms with Gasteiger partial charge in [-0.15, -0.1) is 0 Å². The summed E-state index contributed by atoms with van der Waals surface area (Å²) in [6.45, 7) is 5.60. The first kappa shape index (κ1) is 16.5. The summed E-state index contributed by atoms with van der Waals surface area (Å²) in [5.74, 6) is 0. The molecular formula is C14H26N4O2S. The summed E-state index contributed by atoms with van der Waals surface area (Å²) in [6.07, 6.45) is 7.01. The summed E-state index contributed by atoms with van der Waals surface area (Å²) in [5, 5.41) is 7.25. The molecule has 1 aliphatic rings. The molecule has 0 saturated carbocycles. The summed E-state index contributed by atoms with van der Waals surface area (Å²) in [5.41, 5.74) is 0. The van der Waals surface area contributed by atoms with Gasteiger partial charge in [-0.3, -0.25) is 4.68 Å². The Morgan fingerprint density at radius 2 is 2.00 bits per heavy atom. The van der Waals surface area contributed by atoms with Gasteiger partial charge in [-0.2, -0.15) is 9.40 Å². The number of hydrogen-bond donors (Lipinski definition) is 1. The van der Waals surface area contributed by atoms with Gasteiger partial charge in [-0.1, -0.05) is 6.42 Å². The minimum atomic E-state index is -3.44. The van der Waals surface area contributed by atoms with Crippen molar-refractivity contribution in [3.8, 4) is 0 Å². The van der Waals surface area contributed by atoms with E-state index < -0.39 is 10.0 Å². The van der Waals surface area contributed by atoms with E-state index >= 15 is 0 Å². The molecule has 1 saturated heterocycles. The molecule has 1 aromatic rings. The van der Waals surface area contributed by atoms with E-state index in [2.05, 4.69) is 10.4 Å². The lowest BCUT2D eigenvalue weighted by atomic mass is 10.0. The highest BCUT2D eigenvalue weighted by atomic mass is 32.2. The quantitative estimate of drug-likeness (QED) is 0.807. The van der Waals surface area contributed by atoms with Crippen molar-refractivity contribution < 1.29 is 8.42 Å². The number of aryl methyl sites for hydroxylation is 1. The fraction of sp³-hybridized carbons (Fsp3) is 0.786. The molecule has 120 valence electrons. The van der Waals surface area contributed by atoms with Crippen LogP contribution in [-0.4, -0.2) is 48.2 Å². The molecule has 7 heteroatoms. The van der Waals surface area contributed by atoms with Gasteiger partial charge in [0.05, 0.1) is 6.20 Å². The minimum absolute atomic E-state index is 0.0615. The largest absolute Gasteiger partial charge is 0.320 e. The Morgan fingerprint density at radius 3 is 2.62 bits per heavy atom. The van der Waals surface area contributed by atoms with Gasteiger partial charge >= 0.3 is 0 Å². The second-order valence-corrected chi connectivity index (χ2v) is 7.70. The molecule has 1 fully saturated rings. The van der Waals surface area contributed by atoms with E-state index in [0.29, 0.717) is 4.90 Å².